The van der Waals surface area contributed by atoms with Gasteiger partial charge in [-0.05, 0) is 30.9 Å². The Kier molecular flexibility index (Phi) is 3.79. The fourth-order valence-electron chi connectivity index (χ4n) is 3.31. The Hall–Kier alpha value is -0.980. The maximum Gasteiger partial charge on any atom is 0.213 e. The van der Waals surface area contributed by atoms with Gasteiger partial charge in [-0.3, -0.25) is 9.88 Å². The number of likely N-dealkylation sites (tertiary alicyclic amines) is 1. The maximum absolute atomic E-state index is 11.9. The van der Waals surface area contributed by atoms with E-state index in [1.165, 1.54) is 0 Å². The van der Waals surface area contributed by atoms with E-state index >= 15 is 0 Å². The Balaban J connectivity index is 1.59. The fourth-order valence-corrected chi connectivity index (χ4v) is 4.51. The van der Waals surface area contributed by atoms with Crippen LogP contribution in [0.5, 0.6) is 0 Å². The third kappa shape index (κ3) is 2.73. The average molecular weight is 295 g/mol. The summed E-state index contributed by atoms with van der Waals surface area (Å²) in [7, 11) is -3.01. The van der Waals surface area contributed by atoms with Crippen LogP contribution < -0.4 is 0 Å². The highest BCUT2D eigenvalue weighted by atomic mass is 32.2. The molecule has 1 aromatic heterocycles. The highest BCUT2D eigenvalue weighted by Gasteiger charge is 2.43. The highest BCUT2D eigenvalue weighted by Crippen LogP contribution is 2.33. The molecule has 0 unspecified atom stereocenters. The van der Waals surface area contributed by atoms with Crippen LogP contribution in [0.3, 0.4) is 0 Å². The van der Waals surface area contributed by atoms with Gasteiger partial charge in [0.1, 0.15) is 0 Å². The van der Waals surface area contributed by atoms with Crippen molar-refractivity contribution in [2.24, 2.45) is 11.8 Å². The van der Waals surface area contributed by atoms with Crippen LogP contribution in [0.2, 0.25) is 0 Å². The molecular weight excluding hydrogens is 274 g/mol. The lowest BCUT2D eigenvalue weighted by Crippen LogP contribution is -2.34. The molecule has 2 saturated heterocycles. The average Bonchev–Trinajstić information content (AvgIpc) is 2.98. The van der Waals surface area contributed by atoms with Gasteiger partial charge in [-0.2, -0.15) is 0 Å². The zero-order valence-corrected chi connectivity index (χ0v) is 12.6. The van der Waals surface area contributed by atoms with E-state index in [9.17, 15) is 8.42 Å². The van der Waals surface area contributed by atoms with E-state index in [0.29, 0.717) is 24.9 Å². The van der Waals surface area contributed by atoms with Gasteiger partial charge in [-0.15, -0.1) is 0 Å². The van der Waals surface area contributed by atoms with Crippen LogP contribution in [0.25, 0.3) is 0 Å². The zero-order chi connectivity index (χ0) is 14.2. The van der Waals surface area contributed by atoms with Crippen molar-refractivity contribution in [2.75, 3.05) is 31.9 Å². The molecule has 5 nitrogen and oxygen atoms in total. The summed E-state index contributed by atoms with van der Waals surface area (Å²) in [5.74, 6) is 1.18. The Morgan fingerprint density at radius 2 is 1.90 bits per heavy atom. The summed E-state index contributed by atoms with van der Waals surface area (Å²) in [6, 6.07) is 5.98. The van der Waals surface area contributed by atoms with E-state index in [1.807, 2.05) is 24.4 Å². The van der Waals surface area contributed by atoms with Crippen molar-refractivity contribution in [3.8, 4) is 0 Å². The lowest BCUT2D eigenvalue weighted by Gasteiger charge is -2.20. The number of hydrogen-bond donors (Lipinski definition) is 0. The van der Waals surface area contributed by atoms with Crippen molar-refractivity contribution in [1.82, 2.24) is 14.2 Å². The second-order valence-corrected chi connectivity index (χ2v) is 8.01. The molecule has 2 aliphatic heterocycles. The zero-order valence-electron chi connectivity index (χ0n) is 11.8. The summed E-state index contributed by atoms with van der Waals surface area (Å²) in [5, 5.41) is 0. The van der Waals surface area contributed by atoms with Crippen LogP contribution in [0.4, 0.5) is 0 Å². The van der Waals surface area contributed by atoms with Crippen LogP contribution in [-0.4, -0.2) is 54.5 Å². The van der Waals surface area contributed by atoms with Crippen molar-refractivity contribution in [1.29, 1.82) is 0 Å². The fraction of sp³-hybridized carbons (Fsp3) is 0.643. The summed E-state index contributed by atoms with van der Waals surface area (Å²) >= 11 is 0. The first-order valence-corrected chi connectivity index (χ1v) is 8.79. The summed E-state index contributed by atoms with van der Waals surface area (Å²) < 4.78 is 25.5. The number of rotatable bonds is 4. The number of nitrogens with zero attached hydrogens (tertiary/aromatic N) is 3. The molecule has 110 valence electrons. The molecule has 0 radical (unpaired) electrons. The van der Waals surface area contributed by atoms with Crippen LogP contribution in [0.1, 0.15) is 12.6 Å². The molecule has 3 heterocycles. The van der Waals surface area contributed by atoms with Gasteiger partial charge in [0, 0.05) is 38.9 Å². The van der Waals surface area contributed by atoms with Crippen molar-refractivity contribution < 1.29 is 8.42 Å². The summed E-state index contributed by atoms with van der Waals surface area (Å²) in [4.78, 5) is 6.75. The molecule has 0 aromatic carbocycles. The minimum atomic E-state index is -3.01. The van der Waals surface area contributed by atoms with Crippen molar-refractivity contribution >= 4 is 10.0 Å². The van der Waals surface area contributed by atoms with E-state index in [0.717, 1.165) is 25.3 Å². The summed E-state index contributed by atoms with van der Waals surface area (Å²) in [6.07, 6.45) is 1.82. The minimum absolute atomic E-state index is 0.212. The first-order chi connectivity index (χ1) is 9.58. The van der Waals surface area contributed by atoms with E-state index in [-0.39, 0.29) is 5.75 Å². The highest BCUT2D eigenvalue weighted by molar-refractivity contribution is 7.89. The predicted octanol–water partition coefficient (Wildman–Crippen LogP) is 0.795. The summed E-state index contributed by atoms with van der Waals surface area (Å²) in [6.45, 7) is 5.94. The number of fused-ring (bicyclic) bond motifs is 1. The third-order valence-corrected chi connectivity index (χ3v) is 6.21. The second kappa shape index (κ2) is 5.42. The van der Waals surface area contributed by atoms with Gasteiger partial charge in [0.15, 0.2) is 0 Å². The molecule has 0 N–H and O–H groups in total. The molecule has 20 heavy (non-hydrogen) atoms. The molecule has 6 heteroatoms. The molecule has 1 aromatic rings. The molecule has 2 atom stereocenters. The molecule has 0 aliphatic carbocycles. The molecule has 0 amide bonds. The first-order valence-electron chi connectivity index (χ1n) is 7.18. The van der Waals surface area contributed by atoms with Crippen molar-refractivity contribution in [3.05, 3.63) is 30.1 Å². The molecular formula is C14H21N3O2S. The van der Waals surface area contributed by atoms with Gasteiger partial charge in [0.25, 0.3) is 0 Å². The first kappa shape index (κ1) is 14.0. The smallest absolute Gasteiger partial charge is 0.213 e. The Bertz CT molecular complexity index is 547. The Morgan fingerprint density at radius 3 is 2.45 bits per heavy atom. The SMILES string of the molecule is CCS(=O)(=O)N1C[C@@H]2CN(Cc3ccccn3)C[C@H]2C1. The number of hydrogen-bond acceptors (Lipinski definition) is 4. The second-order valence-electron chi connectivity index (χ2n) is 5.75. The van der Waals surface area contributed by atoms with Gasteiger partial charge in [-0.25, -0.2) is 12.7 Å². The van der Waals surface area contributed by atoms with Crippen molar-refractivity contribution in [2.45, 2.75) is 13.5 Å². The lowest BCUT2D eigenvalue weighted by molar-refractivity contribution is 0.287. The molecule has 3 rings (SSSR count). The lowest BCUT2D eigenvalue weighted by atomic mass is 10.0. The Morgan fingerprint density at radius 1 is 1.20 bits per heavy atom. The van der Waals surface area contributed by atoms with Crippen LogP contribution in [-0.2, 0) is 16.6 Å². The summed E-state index contributed by atoms with van der Waals surface area (Å²) in [5.41, 5.74) is 1.09. The molecule has 0 saturated carbocycles. The van der Waals surface area contributed by atoms with Gasteiger partial charge >= 0.3 is 0 Å². The van der Waals surface area contributed by atoms with Crippen molar-refractivity contribution in [3.63, 3.8) is 0 Å². The minimum Gasteiger partial charge on any atom is -0.297 e. The topological polar surface area (TPSA) is 53.5 Å². The van der Waals surface area contributed by atoms with Gasteiger partial charge in [0.2, 0.25) is 10.0 Å². The third-order valence-electron chi connectivity index (χ3n) is 4.40. The van der Waals surface area contributed by atoms with Crippen LogP contribution in [0.15, 0.2) is 24.4 Å². The largest absolute Gasteiger partial charge is 0.297 e. The van der Waals surface area contributed by atoms with Crippen LogP contribution in [0, 0.1) is 11.8 Å². The molecule has 2 aliphatic rings. The molecule has 0 spiro atoms. The van der Waals surface area contributed by atoms with Crippen LogP contribution >= 0.6 is 0 Å². The quantitative estimate of drug-likeness (QED) is 0.824. The number of sulfonamides is 1. The van der Waals surface area contributed by atoms with Gasteiger partial charge in [0.05, 0.1) is 11.4 Å². The van der Waals surface area contributed by atoms with Gasteiger partial charge in [-0.1, -0.05) is 6.07 Å². The van der Waals surface area contributed by atoms with Gasteiger partial charge < -0.3 is 0 Å². The molecule has 2 fully saturated rings. The monoisotopic (exact) mass is 295 g/mol. The maximum atomic E-state index is 11.9. The van der Waals surface area contributed by atoms with E-state index in [1.54, 1.807) is 11.2 Å². The Labute approximate surface area is 120 Å². The number of pyridine rings is 1. The standard InChI is InChI=1S/C14H21N3O2S/c1-2-20(18,19)17-9-12-7-16(8-13(12)10-17)11-14-5-3-4-6-15-14/h3-6,12-13H,2,7-11H2,1H3/t12-,13-/m0/s1. The van der Waals surface area contributed by atoms with E-state index in [4.69, 9.17) is 0 Å². The normalized spacial score (nSPS) is 27.9. The number of aromatic nitrogens is 1. The van der Waals surface area contributed by atoms with E-state index < -0.39 is 10.0 Å². The molecule has 0 bridgehead atoms. The predicted molar refractivity (Wildman–Crippen MR) is 77.5 cm³/mol. The van der Waals surface area contributed by atoms with E-state index in [2.05, 4.69) is 9.88 Å².